The van der Waals surface area contributed by atoms with Gasteiger partial charge in [-0.25, -0.2) is 0 Å². The van der Waals surface area contributed by atoms with Crippen molar-refractivity contribution in [3.63, 3.8) is 0 Å². The summed E-state index contributed by atoms with van der Waals surface area (Å²) in [5.74, 6) is 0.269. The summed E-state index contributed by atoms with van der Waals surface area (Å²) in [6.45, 7) is 5.03. The topological polar surface area (TPSA) is 23.6 Å². The Kier molecular flexibility index (Phi) is 5.42. The van der Waals surface area contributed by atoms with Crippen molar-refractivity contribution in [1.29, 1.82) is 0 Å². The van der Waals surface area contributed by atoms with E-state index in [-0.39, 0.29) is 17.4 Å². The Hall–Kier alpha value is -2.85. The second-order valence-electron chi connectivity index (χ2n) is 9.46. The number of halogens is 1. The third kappa shape index (κ3) is 3.88. The number of carbonyl (C=O) groups excluding carboxylic acids is 1. The van der Waals surface area contributed by atoms with Crippen molar-refractivity contribution in [2.75, 3.05) is 16.3 Å². The van der Waals surface area contributed by atoms with Gasteiger partial charge in [-0.15, -0.1) is 0 Å². The Balaban J connectivity index is 1.75. The predicted molar refractivity (Wildman–Crippen MR) is 135 cm³/mol. The number of carbonyl (C=O) groups is 1. The SMILES string of the molecule is CC1(C)CC(=O)C2=C(C1)N(c1ccccc1)C(c1ccccc1)N(c1ccc(Br)cc1)C2. The smallest absolute Gasteiger partial charge is 0.162 e. The molecule has 4 heteroatoms. The maximum atomic E-state index is 13.4. The maximum absolute atomic E-state index is 13.4. The Bertz CT molecular complexity index is 1150. The summed E-state index contributed by atoms with van der Waals surface area (Å²) in [6, 6.07) is 29.5. The van der Waals surface area contributed by atoms with E-state index in [0.717, 1.165) is 27.8 Å². The first-order valence-electron chi connectivity index (χ1n) is 11.1. The lowest BCUT2D eigenvalue weighted by Crippen LogP contribution is -2.51. The number of anilines is 2. The number of rotatable bonds is 3. The molecular formula is C28H27BrN2O. The number of nitrogens with zero attached hydrogens (tertiary/aromatic N) is 2. The lowest BCUT2D eigenvalue weighted by Gasteiger charge is -2.51. The van der Waals surface area contributed by atoms with Crippen molar-refractivity contribution in [2.24, 2.45) is 5.41 Å². The highest BCUT2D eigenvalue weighted by Gasteiger charge is 2.43. The average molecular weight is 487 g/mol. The van der Waals surface area contributed by atoms with Gasteiger partial charge in [0.15, 0.2) is 5.78 Å². The summed E-state index contributed by atoms with van der Waals surface area (Å²) >= 11 is 3.56. The van der Waals surface area contributed by atoms with Crippen LogP contribution in [0.25, 0.3) is 0 Å². The van der Waals surface area contributed by atoms with Crippen LogP contribution in [0.4, 0.5) is 11.4 Å². The fourth-order valence-electron chi connectivity index (χ4n) is 4.98. The van der Waals surface area contributed by atoms with E-state index in [4.69, 9.17) is 0 Å². The molecule has 1 atom stereocenters. The molecule has 3 aromatic carbocycles. The zero-order chi connectivity index (χ0) is 22.3. The largest absolute Gasteiger partial charge is 0.342 e. The van der Waals surface area contributed by atoms with Gasteiger partial charge in [-0.3, -0.25) is 4.79 Å². The minimum Gasteiger partial charge on any atom is -0.342 e. The second kappa shape index (κ2) is 8.25. The van der Waals surface area contributed by atoms with Crippen LogP contribution in [0.2, 0.25) is 0 Å². The molecule has 162 valence electrons. The van der Waals surface area contributed by atoms with Crippen LogP contribution < -0.4 is 9.80 Å². The van der Waals surface area contributed by atoms with Crippen LogP contribution >= 0.6 is 15.9 Å². The highest BCUT2D eigenvalue weighted by Crippen LogP contribution is 2.48. The van der Waals surface area contributed by atoms with E-state index in [1.54, 1.807) is 0 Å². The number of Topliss-reactive ketones (excluding diaryl/α,β-unsaturated/α-hetero) is 1. The molecule has 32 heavy (non-hydrogen) atoms. The normalized spacial score (nSPS) is 20.3. The predicted octanol–water partition coefficient (Wildman–Crippen LogP) is 7.12. The third-order valence-electron chi connectivity index (χ3n) is 6.42. The molecular weight excluding hydrogens is 460 g/mol. The first-order chi connectivity index (χ1) is 15.4. The standard InChI is InChI=1S/C28H27BrN2O/c1-28(2)17-25-24(26(32)18-28)19-30(22-15-13-21(29)14-16-22)27(20-9-5-3-6-10-20)31(25)23-11-7-4-8-12-23/h3-16,27H,17-19H2,1-2H3. The molecule has 0 spiro atoms. The first-order valence-corrected chi connectivity index (χ1v) is 11.9. The van der Waals surface area contributed by atoms with Crippen LogP contribution in [0.5, 0.6) is 0 Å². The Morgan fingerprint density at radius 2 is 1.44 bits per heavy atom. The van der Waals surface area contributed by atoms with Gasteiger partial charge in [0.1, 0.15) is 6.17 Å². The van der Waals surface area contributed by atoms with Gasteiger partial charge in [-0.1, -0.05) is 78.3 Å². The minimum atomic E-state index is -0.0516. The highest BCUT2D eigenvalue weighted by atomic mass is 79.9. The molecule has 5 rings (SSSR count). The van der Waals surface area contributed by atoms with Gasteiger partial charge in [0, 0.05) is 33.5 Å². The fraction of sp³-hybridized carbons (Fsp3) is 0.250. The molecule has 1 aliphatic heterocycles. The molecule has 0 N–H and O–H groups in total. The quantitative estimate of drug-likeness (QED) is 0.393. The van der Waals surface area contributed by atoms with Crippen molar-refractivity contribution in [1.82, 2.24) is 0 Å². The van der Waals surface area contributed by atoms with Crippen LogP contribution in [-0.2, 0) is 4.79 Å². The maximum Gasteiger partial charge on any atom is 0.162 e. The summed E-state index contributed by atoms with van der Waals surface area (Å²) in [5.41, 5.74) is 5.49. The van der Waals surface area contributed by atoms with Crippen LogP contribution in [0.1, 0.15) is 38.4 Å². The van der Waals surface area contributed by atoms with E-state index in [1.165, 1.54) is 11.3 Å². The lowest BCUT2D eigenvalue weighted by molar-refractivity contribution is -0.118. The van der Waals surface area contributed by atoms with Crippen molar-refractivity contribution in [2.45, 2.75) is 32.9 Å². The van der Waals surface area contributed by atoms with Crippen LogP contribution in [0.3, 0.4) is 0 Å². The zero-order valence-electron chi connectivity index (χ0n) is 18.5. The van der Waals surface area contributed by atoms with E-state index < -0.39 is 0 Å². The van der Waals surface area contributed by atoms with E-state index in [9.17, 15) is 4.79 Å². The van der Waals surface area contributed by atoms with Gasteiger partial charge in [0.25, 0.3) is 0 Å². The summed E-state index contributed by atoms with van der Waals surface area (Å²) in [5, 5.41) is 0. The molecule has 1 unspecified atom stereocenters. The van der Waals surface area contributed by atoms with Crippen molar-refractivity contribution in [3.05, 3.63) is 106 Å². The molecule has 0 saturated heterocycles. The fourth-order valence-corrected chi connectivity index (χ4v) is 5.25. The van der Waals surface area contributed by atoms with Crippen LogP contribution in [0.15, 0.2) is 101 Å². The average Bonchev–Trinajstić information content (AvgIpc) is 2.79. The van der Waals surface area contributed by atoms with Crippen LogP contribution in [-0.4, -0.2) is 12.3 Å². The van der Waals surface area contributed by atoms with Crippen LogP contribution in [0, 0.1) is 5.41 Å². The molecule has 0 radical (unpaired) electrons. The molecule has 0 saturated carbocycles. The Morgan fingerprint density at radius 3 is 2.09 bits per heavy atom. The van der Waals surface area contributed by atoms with Gasteiger partial charge < -0.3 is 9.80 Å². The van der Waals surface area contributed by atoms with Crippen molar-refractivity contribution < 1.29 is 4.79 Å². The summed E-state index contributed by atoms with van der Waals surface area (Å²) in [4.78, 5) is 18.1. The van der Waals surface area contributed by atoms with Gasteiger partial charge in [0.05, 0.1) is 6.54 Å². The number of para-hydroxylation sites is 1. The summed E-state index contributed by atoms with van der Waals surface area (Å²) < 4.78 is 1.05. The molecule has 3 aromatic rings. The summed E-state index contributed by atoms with van der Waals surface area (Å²) in [7, 11) is 0. The third-order valence-corrected chi connectivity index (χ3v) is 6.95. The van der Waals surface area contributed by atoms with Gasteiger partial charge >= 0.3 is 0 Å². The molecule has 0 amide bonds. The number of benzene rings is 3. The molecule has 0 fully saturated rings. The molecule has 1 heterocycles. The Labute approximate surface area is 198 Å². The number of allylic oxidation sites excluding steroid dienone is 1. The van der Waals surface area contributed by atoms with Crippen molar-refractivity contribution >= 4 is 33.1 Å². The van der Waals surface area contributed by atoms with E-state index in [1.807, 2.05) is 6.07 Å². The highest BCUT2D eigenvalue weighted by molar-refractivity contribution is 9.10. The number of ketones is 1. The molecule has 3 nitrogen and oxygen atoms in total. The van der Waals surface area contributed by atoms with E-state index >= 15 is 0 Å². The Morgan fingerprint density at radius 1 is 0.812 bits per heavy atom. The summed E-state index contributed by atoms with van der Waals surface area (Å²) in [6.07, 6.45) is 1.44. The van der Waals surface area contributed by atoms with Gasteiger partial charge in [0.2, 0.25) is 0 Å². The number of hydrogen-bond donors (Lipinski definition) is 0. The monoisotopic (exact) mass is 486 g/mol. The van der Waals surface area contributed by atoms with E-state index in [2.05, 4.69) is 118 Å². The second-order valence-corrected chi connectivity index (χ2v) is 10.4. The number of hydrogen-bond acceptors (Lipinski definition) is 3. The van der Waals surface area contributed by atoms with Crippen molar-refractivity contribution in [3.8, 4) is 0 Å². The van der Waals surface area contributed by atoms with Gasteiger partial charge in [-0.05, 0) is 53.8 Å². The molecule has 0 bridgehead atoms. The molecule has 0 aromatic heterocycles. The van der Waals surface area contributed by atoms with E-state index in [0.29, 0.717) is 13.0 Å². The molecule has 2 aliphatic rings. The minimum absolute atomic E-state index is 0.0415. The lowest BCUT2D eigenvalue weighted by atomic mass is 9.74. The molecule has 1 aliphatic carbocycles. The first kappa shape index (κ1) is 21.0. The van der Waals surface area contributed by atoms with Gasteiger partial charge in [-0.2, -0.15) is 0 Å². The zero-order valence-corrected chi connectivity index (χ0v) is 20.0.